The summed E-state index contributed by atoms with van der Waals surface area (Å²) in [6.07, 6.45) is 0. The van der Waals surface area contributed by atoms with Gasteiger partial charge in [-0.25, -0.2) is 0 Å². The summed E-state index contributed by atoms with van der Waals surface area (Å²) >= 11 is 0. The van der Waals surface area contributed by atoms with Gasteiger partial charge in [-0.05, 0) is 49.0 Å². The van der Waals surface area contributed by atoms with Crippen molar-refractivity contribution in [3.8, 4) is 11.8 Å². The first-order valence-electron chi connectivity index (χ1n) is 10.3. The molecule has 0 radical (unpaired) electrons. The van der Waals surface area contributed by atoms with E-state index in [0.717, 1.165) is 24.2 Å². The number of nitrogens with zero attached hydrogens (tertiary/aromatic N) is 2. The van der Waals surface area contributed by atoms with E-state index in [-0.39, 0.29) is 12.5 Å². The van der Waals surface area contributed by atoms with Crippen LogP contribution in [-0.2, 0) is 19.7 Å². The third-order valence-corrected chi connectivity index (χ3v) is 5.07. The Balaban J connectivity index is 1.59. The molecular formula is C26H27N3O2. The third kappa shape index (κ3) is 6.43. The maximum Gasteiger partial charge on any atom is 0.251 e. The summed E-state index contributed by atoms with van der Waals surface area (Å²) in [5.41, 5.74) is 4.23. The van der Waals surface area contributed by atoms with Crippen LogP contribution in [0.3, 0.4) is 0 Å². The van der Waals surface area contributed by atoms with Crippen molar-refractivity contribution in [2.75, 3.05) is 13.6 Å². The van der Waals surface area contributed by atoms with Crippen LogP contribution in [0.4, 0.5) is 0 Å². The van der Waals surface area contributed by atoms with Crippen LogP contribution in [0.5, 0.6) is 5.75 Å². The highest BCUT2D eigenvalue weighted by molar-refractivity contribution is 5.94. The van der Waals surface area contributed by atoms with E-state index >= 15 is 0 Å². The summed E-state index contributed by atoms with van der Waals surface area (Å²) in [6, 6.07) is 24.8. The van der Waals surface area contributed by atoms with Crippen molar-refractivity contribution in [1.82, 2.24) is 10.2 Å². The standard InChI is InChI=1S/C26H27N3O2/c1-3-29(2)18-21-9-6-8-20(14-21)17-28-26(30)22-12-7-13-25(15-22)31-19-24-11-5-4-10-23(24)16-27/h4-15H,3,17-19H2,1-2H3,(H,28,30). The average molecular weight is 414 g/mol. The minimum absolute atomic E-state index is 0.154. The molecule has 0 aliphatic carbocycles. The Morgan fingerprint density at radius 3 is 2.61 bits per heavy atom. The molecule has 158 valence electrons. The Hall–Kier alpha value is -3.62. The van der Waals surface area contributed by atoms with Gasteiger partial charge >= 0.3 is 0 Å². The van der Waals surface area contributed by atoms with Gasteiger partial charge < -0.3 is 15.0 Å². The van der Waals surface area contributed by atoms with Gasteiger partial charge in [0.2, 0.25) is 0 Å². The molecule has 0 bridgehead atoms. The number of nitriles is 1. The summed E-state index contributed by atoms with van der Waals surface area (Å²) in [7, 11) is 2.09. The van der Waals surface area contributed by atoms with Gasteiger partial charge in [-0.1, -0.05) is 55.5 Å². The van der Waals surface area contributed by atoms with Crippen molar-refractivity contribution in [2.24, 2.45) is 0 Å². The molecule has 0 aliphatic rings. The van der Waals surface area contributed by atoms with E-state index in [0.29, 0.717) is 23.4 Å². The first-order chi connectivity index (χ1) is 15.1. The maximum absolute atomic E-state index is 12.6. The van der Waals surface area contributed by atoms with Crippen molar-refractivity contribution < 1.29 is 9.53 Å². The zero-order valence-corrected chi connectivity index (χ0v) is 18.0. The maximum atomic E-state index is 12.6. The number of hydrogen-bond donors (Lipinski definition) is 1. The summed E-state index contributed by atoms with van der Waals surface area (Å²) in [5.74, 6) is 0.434. The molecule has 1 N–H and O–H groups in total. The topological polar surface area (TPSA) is 65.4 Å². The number of carbonyl (C=O) groups is 1. The zero-order valence-electron chi connectivity index (χ0n) is 18.0. The SMILES string of the molecule is CCN(C)Cc1cccc(CNC(=O)c2cccc(OCc3ccccc3C#N)c2)c1. The molecule has 0 aromatic heterocycles. The van der Waals surface area contributed by atoms with Crippen LogP contribution < -0.4 is 10.1 Å². The first kappa shape index (κ1) is 22.1. The monoisotopic (exact) mass is 413 g/mol. The molecule has 3 aromatic carbocycles. The smallest absolute Gasteiger partial charge is 0.251 e. The summed E-state index contributed by atoms with van der Waals surface area (Å²) in [5, 5.41) is 12.2. The number of amides is 1. The Bertz CT molecular complexity index is 1070. The highest BCUT2D eigenvalue weighted by Gasteiger charge is 2.08. The van der Waals surface area contributed by atoms with Gasteiger partial charge in [0, 0.05) is 24.2 Å². The second-order valence-corrected chi connectivity index (χ2v) is 7.42. The number of rotatable bonds is 9. The molecule has 31 heavy (non-hydrogen) atoms. The lowest BCUT2D eigenvalue weighted by atomic mass is 10.1. The quantitative estimate of drug-likeness (QED) is 0.560. The molecule has 0 aliphatic heterocycles. The molecule has 3 aromatic rings. The minimum atomic E-state index is -0.154. The molecule has 0 saturated heterocycles. The second kappa shape index (κ2) is 11.0. The van der Waals surface area contributed by atoms with E-state index in [2.05, 4.69) is 42.4 Å². The molecule has 5 nitrogen and oxygen atoms in total. The molecule has 0 heterocycles. The van der Waals surface area contributed by atoms with Crippen molar-refractivity contribution >= 4 is 5.91 Å². The second-order valence-electron chi connectivity index (χ2n) is 7.42. The Labute approximate surface area is 183 Å². The van der Waals surface area contributed by atoms with E-state index in [1.54, 1.807) is 30.3 Å². The number of benzene rings is 3. The lowest BCUT2D eigenvalue weighted by Crippen LogP contribution is -2.23. The molecule has 0 spiro atoms. The zero-order chi connectivity index (χ0) is 22.1. The molecule has 1 amide bonds. The first-order valence-corrected chi connectivity index (χ1v) is 10.3. The molecular weight excluding hydrogens is 386 g/mol. The minimum Gasteiger partial charge on any atom is -0.489 e. The number of hydrogen-bond acceptors (Lipinski definition) is 4. The molecule has 0 saturated carbocycles. The van der Waals surface area contributed by atoms with Crippen molar-refractivity contribution in [3.63, 3.8) is 0 Å². The molecule has 0 atom stereocenters. The van der Waals surface area contributed by atoms with Crippen LogP contribution in [0.15, 0.2) is 72.8 Å². The van der Waals surface area contributed by atoms with Crippen molar-refractivity contribution in [1.29, 1.82) is 5.26 Å². The number of ether oxygens (including phenoxy) is 1. The number of carbonyl (C=O) groups excluding carboxylic acids is 1. The van der Waals surface area contributed by atoms with E-state index in [1.807, 2.05) is 30.3 Å². The average Bonchev–Trinajstić information content (AvgIpc) is 2.81. The summed E-state index contributed by atoms with van der Waals surface area (Å²) in [4.78, 5) is 14.9. The lowest BCUT2D eigenvalue weighted by molar-refractivity contribution is 0.0950. The van der Waals surface area contributed by atoms with Crippen LogP contribution in [-0.4, -0.2) is 24.4 Å². The summed E-state index contributed by atoms with van der Waals surface area (Å²) in [6.45, 7) is 4.73. The normalized spacial score (nSPS) is 10.5. The fraction of sp³-hybridized carbons (Fsp3) is 0.231. The van der Waals surface area contributed by atoms with Gasteiger partial charge in [-0.3, -0.25) is 4.79 Å². The van der Waals surface area contributed by atoms with Gasteiger partial charge in [0.15, 0.2) is 0 Å². The fourth-order valence-corrected chi connectivity index (χ4v) is 3.19. The van der Waals surface area contributed by atoms with E-state index < -0.39 is 0 Å². The number of nitrogens with one attached hydrogen (secondary N) is 1. The van der Waals surface area contributed by atoms with Gasteiger partial charge in [0.1, 0.15) is 12.4 Å². The molecule has 5 heteroatoms. The fourth-order valence-electron chi connectivity index (χ4n) is 3.19. The predicted octanol–water partition coefficient (Wildman–Crippen LogP) is 4.52. The summed E-state index contributed by atoms with van der Waals surface area (Å²) < 4.78 is 5.82. The largest absolute Gasteiger partial charge is 0.489 e. The van der Waals surface area contributed by atoms with E-state index in [1.165, 1.54) is 5.56 Å². The van der Waals surface area contributed by atoms with Crippen molar-refractivity contribution in [3.05, 3.63) is 101 Å². The van der Waals surface area contributed by atoms with Crippen LogP contribution >= 0.6 is 0 Å². The Morgan fingerprint density at radius 1 is 1.03 bits per heavy atom. The molecule has 0 unspecified atom stereocenters. The molecule has 0 fully saturated rings. The Kier molecular flexibility index (Phi) is 7.80. The van der Waals surface area contributed by atoms with Crippen LogP contribution in [0, 0.1) is 11.3 Å². The van der Waals surface area contributed by atoms with Crippen LogP contribution in [0.1, 0.15) is 39.5 Å². The van der Waals surface area contributed by atoms with E-state index in [9.17, 15) is 10.1 Å². The van der Waals surface area contributed by atoms with Crippen molar-refractivity contribution in [2.45, 2.75) is 26.6 Å². The Morgan fingerprint density at radius 2 is 1.81 bits per heavy atom. The lowest BCUT2D eigenvalue weighted by Gasteiger charge is -2.14. The van der Waals surface area contributed by atoms with Crippen LogP contribution in [0.25, 0.3) is 0 Å². The van der Waals surface area contributed by atoms with Crippen LogP contribution in [0.2, 0.25) is 0 Å². The van der Waals surface area contributed by atoms with Gasteiger partial charge in [0.05, 0.1) is 11.6 Å². The highest BCUT2D eigenvalue weighted by atomic mass is 16.5. The van der Waals surface area contributed by atoms with Gasteiger partial charge in [0.25, 0.3) is 5.91 Å². The predicted molar refractivity (Wildman–Crippen MR) is 122 cm³/mol. The molecule has 3 rings (SSSR count). The van der Waals surface area contributed by atoms with E-state index in [4.69, 9.17) is 4.74 Å². The third-order valence-electron chi connectivity index (χ3n) is 5.07. The van der Waals surface area contributed by atoms with Gasteiger partial charge in [-0.15, -0.1) is 0 Å². The van der Waals surface area contributed by atoms with Gasteiger partial charge in [-0.2, -0.15) is 5.26 Å². The highest BCUT2D eigenvalue weighted by Crippen LogP contribution is 2.17.